The molecular formula is C21H13F4NO8S2. The number of alkyl halides is 3. The number of carbonyl (C=O) groups is 1. The van der Waals surface area contributed by atoms with Gasteiger partial charge in [0.05, 0.1) is 17.4 Å². The van der Waals surface area contributed by atoms with Crippen molar-refractivity contribution in [2.75, 3.05) is 0 Å². The SMILES string of the molecule is O=C(O)C1SC(S(=O)(=O)O)c2c(O)cn(-c3ccc(-c4cccc(OC(F)(F)F)c4)cc3F)c(=O)c21. The van der Waals surface area contributed by atoms with Crippen LogP contribution in [0.15, 0.2) is 53.5 Å². The summed E-state index contributed by atoms with van der Waals surface area (Å²) in [5, 5.41) is 18.1. The van der Waals surface area contributed by atoms with Crippen LogP contribution in [0.1, 0.15) is 21.0 Å². The molecular weight excluding hydrogens is 534 g/mol. The Bertz CT molecular complexity index is 1550. The summed E-state index contributed by atoms with van der Waals surface area (Å²) < 4.78 is 87.8. The van der Waals surface area contributed by atoms with Gasteiger partial charge in [-0.15, -0.1) is 24.9 Å². The Morgan fingerprint density at radius 2 is 1.75 bits per heavy atom. The molecule has 1 aromatic heterocycles. The Hall–Kier alpha value is -3.56. The highest BCUT2D eigenvalue weighted by Gasteiger charge is 2.47. The number of aromatic hydroxyl groups is 1. The molecule has 9 nitrogen and oxygen atoms in total. The summed E-state index contributed by atoms with van der Waals surface area (Å²) in [5.74, 6) is -4.11. The Labute approximate surface area is 203 Å². The molecule has 4 rings (SSSR count). The van der Waals surface area contributed by atoms with E-state index in [9.17, 15) is 45.9 Å². The lowest BCUT2D eigenvalue weighted by Gasteiger charge is -2.14. The van der Waals surface area contributed by atoms with Crippen LogP contribution in [0.3, 0.4) is 0 Å². The third kappa shape index (κ3) is 4.76. The summed E-state index contributed by atoms with van der Waals surface area (Å²) in [7, 11) is -4.92. The number of hydrogen-bond donors (Lipinski definition) is 3. The number of benzene rings is 2. The van der Waals surface area contributed by atoms with Crippen LogP contribution in [-0.4, -0.2) is 40.1 Å². The minimum atomic E-state index is -4.94. The standard InChI is InChI=1S/C21H13F4NO8S2/c22-12-7-10(9-2-1-3-11(6-9)34-21(23,24)25)4-5-13(12)26-8-14(27)15-16(18(26)28)17(19(29)30)35-20(15)36(31,32)33/h1-8,17,20,27H,(H,29,30)(H,31,32,33). The molecule has 190 valence electrons. The third-order valence-electron chi connectivity index (χ3n) is 5.13. The van der Waals surface area contributed by atoms with Crippen LogP contribution in [0.25, 0.3) is 16.8 Å². The smallest absolute Gasteiger partial charge is 0.506 e. The number of rotatable bonds is 5. The summed E-state index contributed by atoms with van der Waals surface area (Å²) >= 11 is 0.199. The zero-order valence-electron chi connectivity index (χ0n) is 17.4. The van der Waals surface area contributed by atoms with E-state index in [0.717, 1.165) is 24.3 Å². The van der Waals surface area contributed by atoms with E-state index in [2.05, 4.69) is 4.74 Å². The van der Waals surface area contributed by atoms with Gasteiger partial charge in [0.15, 0.2) is 4.58 Å². The number of halogens is 4. The van der Waals surface area contributed by atoms with Crippen LogP contribution in [0, 0.1) is 5.82 Å². The topological polar surface area (TPSA) is 143 Å². The second-order valence-corrected chi connectivity index (χ2v) is 10.5. The van der Waals surface area contributed by atoms with Crippen molar-refractivity contribution in [2.45, 2.75) is 16.2 Å². The summed E-state index contributed by atoms with van der Waals surface area (Å²) in [6.07, 6.45) is -4.26. The first-order chi connectivity index (χ1) is 16.7. The molecule has 15 heteroatoms. The molecule has 3 aromatic rings. The molecule has 0 spiro atoms. The van der Waals surface area contributed by atoms with E-state index in [1.165, 1.54) is 18.2 Å². The van der Waals surface area contributed by atoms with Crippen LogP contribution < -0.4 is 10.3 Å². The lowest BCUT2D eigenvalue weighted by atomic mass is 10.0. The first kappa shape index (κ1) is 25.5. The Morgan fingerprint density at radius 3 is 2.33 bits per heavy atom. The lowest BCUT2D eigenvalue weighted by Crippen LogP contribution is -2.26. The van der Waals surface area contributed by atoms with E-state index in [1.807, 2.05) is 0 Å². The number of pyridine rings is 1. The molecule has 2 atom stereocenters. The summed E-state index contributed by atoms with van der Waals surface area (Å²) in [5.41, 5.74) is -2.64. The second-order valence-electron chi connectivity index (χ2n) is 7.46. The van der Waals surface area contributed by atoms with Crippen molar-refractivity contribution in [2.24, 2.45) is 0 Å². The van der Waals surface area contributed by atoms with Gasteiger partial charge in [0.1, 0.15) is 22.6 Å². The van der Waals surface area contributed by atoms with Gasteiger partial charge in [-0.1, -0.05) is 18.2 Å². The summed E-state index contributed by atoms with van der Waals surface area (Å²) in [6.45, 7) is 0. The van der Waals surface area contributed by atoms with E-state index in [-0.39, 0.29) is 22.9 Å². The van der Waals surface area contributed by atoms with Gasteiger partial charge >= 0.3 is 12.3 Å². The van der Waals surface area contributed by atoms with E-state index in [1.54, 1.807) is 0 Å². The van der Waals surface area contributed by atoms with Crippen LogP contribution in [-0.2, 0) is 14.9 Å². The Morgan fingerprint density at radius 1 is 1.08 bits per heavy atom. The Kier molecular flexibility index (Phi) is 6.26. The number of fused-ring (bicyclic) bond motifs is 1. The van der Waals surface area contributed by atoms with Crippen LogP contribution in [0.4, 0.5) is 17.6 Å². The van der Waals surface area contributed by atoms with Gasteiger partial charge in [-0.25, -0.2) is 4.39 Å². The van der Waals surface area contributed by atoms with Crippen molar-refractivity contribution in [3.05, 3.63) is 76.0 Å². The highest BCUT2D eigenvalue weighted by atomic mass is 32.3. The molecule has 3 N–H and O–H groups in total. The van der Waals surface area contributed by atoms with Gasteiger partial charge in [-0.2, -0.15) is 8.42 Å². The molecule has 0 amide bonds. The molecule has 1 aliphatic heterocycles. The maximum atomic E-state index is 15.1. The minimum Gasteiger partial charge on any atom is -0.506 e. The molecule has 0 saturated carbocycles. The third-order valence-corrected chi connectivity index (χ3v) is 8.16. The van der Waals surface area contributed by atoms with Crippen LogP contribution in [0.2, 0.25) is 0 Å². The van der Waals surface area contributed by atoms with Crippen molar-refractivity contribution < 1.29 is 50.3 Å². The first-order valence-corrected chi connectivity index (χ1v) is 12.1. The fraction of sp³-hybridized carbons (Fsp3) is 0.143. The van der Waals surface area contributed by atoms with Crippen molar-refractivity contribution in [3.63, 3.8) is 0 Å². The second kappa shape index (κ2) is 8.83. The van der Waals surface area contributed by atoms with Gasteiger partial charge in [0, 0.05) is 5.56 Å². The fourth-order valence-corrected chi connectivity index (χ4v) is 6.28. The predicted molar refractivity (Wildman–Crippen MR) is 118 cm³/mol. The number of thioether (sulfide) groups is 1. The molecule has 2 aromatic carbocycles. The average molecular weight is 547 g/mol. The molecule has 0 saturated heterocycles. The number of carboxylic acid groups (broad SMARTS) is 1. The number of hydrogen-bond acceptors (Lipinski definition) is 7. The van der Waals surface area contributed by atoms with Gasteiger partial charge in [-0.3, -0.25) is 18.7 Å². The molecule has 0 bridgehead atoms. The van der Waals surface area contributed by atoms with Gasteiger partial charge in [0.2, 0.25) is 0 Å². The lowest BCUT2D eigenvalue weighted by molar-refractivity contribution is -0.274. The summed E-state index contributed by atoms with van der Waals surface area (Å²) in [4.78, 5) is 24.7. The van der Waals surface area contributed by atoms with Crippen LogP contribution in [0.5, 0.6) is 11.5 Å². The van der Waals surface area contributed by atoms with Gasteiger partial charge < -0.3 is 14.9 Å². The molecule has 2 heterocycles. The molecule has 2 unspecified atom stereocenters. The van der Waals surface area contributed by atoms with Gasteiger partial charge in [0.25, 0.3) is 15.7 Å². The predicted octanol–water partition coefficient (Wildman–Crippen LogP) is 4.01. The highest BCUT2D eigenvalue weighted by molar-refractivity contribution is 8.11. The van der Waals surface area contributed by atoms with E-state index < -0.39 is 72.0 Å². The largest absolute Gasteiger partial charge is 0.573 e. The highest BCUT2D eigenvalue weighted by Crippen LogP contribution is 2.54. The first-order valence-electron chi connectivity index (χ1n) is 9.66. The van der Waals surface area contributed by atoms with Crippen LogP contribution >= 0.6 is 11.8 Å². The molecule has 36 heavy (non-hydrogen) atoms. The normalized spacial score (nSPS) is 17.6. The number of aromatic nitrogens is 1. The van der Waals surface area contributed by atoms with Crippen molar-refractivity contribution in [1.29, 1.82) is 0 Å². The van der Waals surface area contributed by atoms with E-state index >= 15 is 4.39 Å². The van der Waals surface area contributed by atoms with Crippen molar-refractivity contribution in [1.82, 2.24) is 4.57 Å². The number of aliphatic carboxylic acids is 1. The zero-order chi connectivity index (χ0) is 26.6. The molecule has 0 fully saturated rings. The Balaban J connectivity index is 1.81. The van der Waals surface area contributed by atoms with Crippen molar-refractivity contribution >= 4 is 27.8 Å². The number of carboxylic acids is 1. The number of ether oxygens (including phenoxy) is 1. The monoisotopic (exact) mass is 547 g/mol. The number of nitrogens with zero attached hydrogens (tertiary/aromatic N) is 1. The quantitative estimate of drug-likeness (QED) is 0.319. The molecule has 0 radical (unpaired) electrons. The fourth-order valence-electron chi connectivity index (χ4n) is 3.73. The van der Waals surface area contributed by atoms with Crippen molar-refractivity contribution in [3.8, 4) is 28.3 Å². The minimum absolute atomic E-state index is 0.104. The zero-order valence-corrected chi connectivity index (χ0v) is 19.1. The molecule has 1 aliphatic rings. The van der Waals surface area contributed by atoms with E-state index in [4.69, 9.17) is 0 Å². The summed E-state index contributed by atoms with van der Waals surface area (Å²) in [6, 6.07) is 7.91. The average Bonchev–Trinajstić information content (AvgIpc) is 3.18. The van der Waals surface area contributed by atoms with Gasteiger partial charge in [-0.05, 0) is 35.4 Å². The van der Waals surface area contributed by atoms with E-state index in [0.29, 0.717) is 10.8 Å². The molecule has 0 aliphatic carbocycles. The maximum Gasteiger partial charge on any atom is 0.573 e. The maximum absolute atomic E-state index is 15.1.